The highest BCUT2D eigenvalue weighted by atomic mass is 16.6. The van der Waals surface area contributed by atoms with Gasteiger partial charge in [0.2, 0.25) is 0 Å². The molecule has 0 radical (unpaired) electrons. The average Bonchev–Trinajstić information content (AvgIpc) is 3.58. The normalized spacial score (nSPS) is 14.5. The topological polar surface area (TPSA) is 57.1 Å². The van der Waals surface area contributed by atoms with Crippen LogP contribution in [-0.4, -0.2) is 15.0 Å². The molecule has 1 aliphatic heterocycles. The smallest absolute Gasteiger partial charge is 0.181 e. The summed E-state index contributed by atoms with van der Waals surface area (Å²) in [6, 6.07) is 60.8. The van der Waals surface area contributed by atoms with E-state index in [0.717, 1.165) is 40.7 Å². The number of allylic oxidation sites excluding steroid dienone is 4. The number of benzene rings is 7. The molecule has 5 heteroatoms. The summed E-state index contributed by atoms with van der Waals surface area (Å²) in [6.45, 7) is 0. The van der Waals surface area contributed by atoms with Gasteiger partial charge in [-0.25, -0.2) is 15.0 Å². The van der Waals surface area contributed by atoms with E-state index in [9.17, 15) is 0 Å². The van der Waals surface area contributed by atoms with E-state index < -0.39 is 5.41 Å². The van der Waals surface area contributed by atoms with Crippen molar-refractivity contribution in [2.75, 3.05) is 0 Å². The molecule has 0 unspecified atom stereocenters. The van der Waals surface area contributed by atoms with Crippen molar-refractivity contribution >= 4 is 5.57 Å². The number of hydrogen-bond acceptors (Lipinski definition) is 5. The summed E-state index contributed by atoms with van der Waals surface area (Å²) in [5, 5.41) is 0. The highest BCUT2D eigenvalue weighted by molar-refractivity contribution is 5.92. The van der Waals surface area contributed by atoms with E-state index in [1.165, 1.54) is 33.4 Å². The molecule has 270 valence electrons. The lowest BCUT2D eigenvalue weighted by molar-refractivity contribution is 0.359. The summed E-state index contributed by atoms with van der Waals surface area (Å²) < 4.78 is 13.8. The number of rotatable bonds is 6. The molecule has 7 aromatic carbocycles. The minimum Gasteiger partial charge on any atom is -0.449 e. The third kappa shape index (κ3) is 5.42. The predicted octanol–water partition coefficient (Wildman–Crippen LogP) is 12.9. The Balaban J connectivity index is 1.05. The van der Waals surface area contributed by atoms with Gasteiger partial charge in [0.1, 0.15) is 0 Å². The maximum absolute atomic E-state index is 7.00. The third-order valence-corrected chi connectivity index (χ3v) is 11.4. The van der Waals surface area contributed by atoms with Crippen LogP contribution in [0.15, 0.2) is 194 Å². The van der Waals surface area contributed by atoms with Gasteiger partial charge in [0, 0.05) is 11.1 Å². The van der Waals surface area contributed by atoms with Crippen LogP contribution in [0.4, 0.5) is 0 Å². The number of aromatic nitrogens is 3. The molecule has 5 nitrogen and oxygen atoms in total. The second-order valence-corrected chi connectivity index (χ2v) is 14.6. The highest BCUT2D eigenvalue weighted by Gasteiger charge is 2.48. The van der Waals surface area contributed by atoms with Gasteiger partial charge in [-0.2, -0.15) is 0 Å². The number of para-hydroxylation sites is 1. The molecule has 0 fully saturated rings. The van der Waals surface area contributed by atoms with E-state index in [1.54, 1.807) is 0 Å². The Morgan fingerprint density at radius 1 is 0.439 bits per heavy atom. The standard InChI is InChI=1S/C52H35N3O2/c1-5-16-34(17-6-1)35-28-30-37(31-29-35)50-53-49(36-18-7-2-8-19-36)54-51(55-50)41-25-15-27-45-48(41)57-47-33-44-42(32-46(47)56-45)40-24-13-14-26-43(40)52(44,38-20-9-3-10-21-38)39-22-11-4-12-23-39/h1-13,15-25,27-33H,14,26H2. The van der Waals surface area contributed by atoms with Gasteiger partial charge < -0.3 is 9.47 Å². The molecule has 2 aliphatic carbocycles. The second kappa shape index (κ2) is 13.4. The summed E-state index contributed by atoms with van der Waals surface area (Å²) >= 11 is 0. The van der Waals surface area contributed by atoms with Gasteiger partial charge >= 0.3 is 0 Å². The fraction of sp³-hybridized carbons (Fsp3) is 0.0577. The van der Waals surface area contributed by atoms with E-state index >= 15 is 0 Å². The van der Waals surface area contributed by atoms with Crippen molar-refractivity contribution in [3.8, 4) is 68.3 Å². The summed E-state index contributed by atoms with van der Waals surface area (Å²) in [6.07, 6.45) is 6.54. The molecule has 57 heavy (non-hydrogen) atoms. The molecule has 3 aliphatic rings. The van der Waals surface area contributed by atoms with Crippen LogP contribution in [0.5, 0.6) is 23.0 Å². The lowest BCUT2D eigenvalue weighted by Crippen LogP contribution is -2.30. The Labute approximate surface area is 331 Å². The van der Waals surface area contributed by atoms with E-state index in [-0.39, 0.29) is 0 Å². The van der Waals surface area contributed by atoms with Crippen molar-refractivity contribution in [1.82, 2.24) is 15.0 Å². The van der Waals surface area contributed by atoms with Crippen LogP contribution in [0, 0.1) is 0 Å². The molecule has 0 saturated heterocycles. The van der Waals surface area contributed by atoms with Gasteiger partial charge in [-0.05, 0) is 81.6 Å². The largest absolute Gasteiger partial charge is 0.449 e. The number of ether oxygens (including phenoxy) is 2. The quantitative estimate of drug-likeness (QED) is 0.170. The Kier molecular flexibility index (Phi) is 7.78. The lowest BCUT2D eigenvalue weighted by Gasteiger charge is -2.36. The first kappa shape index (κ1) is 33.0. The monoisotopic (exact) mass is 733 g/mol. The molecule has 0 bridgehead atoms. The zero-order chi connectivity index (χ0) is 37.8. The summed E-state index contributed by atoms with van der Waals surface area (Å²) in [5.74, 6) is 4.17. The molecule has 11 rings (SSSR count). The molecule has 0 spiro atoms. The zero-order valence-corrected chi connectivity index (χ0v) is 31.0. The van der Waals surface area contributed by atoms with Gasteiger partial charge in [0.15, 0.2) is 40.5 Å². The Bertz CT molecular complexity index is 2830. The first-order valence-corrected chi connectivity index (χ1v) is 19.4. The van der Waals surface area contributed by atoms with Crippen LogP contribution in [-0.2, 0) is 5.41 Å². The molecule has 2 heterocycles. The van der Waals surface area contributed by atoms with Gasteiger partial charge in [-0.1, -0.05) is 164 Å². The van der Waals surface area contributed by atoms with Crippen molar-refractivity contribution in [3.05, 3.63) is 216 Å². The maximum Gasteiger partial charge on any atom is 0.181 e. The molecular formula is C52H35N3O2. The minimum atomic E-state index is -0.486. The van der Waals surface area contributed by atoms with Crippen molar-refractivity contribution in [2.45, 2.75) is 18.3 Å². The summed E-state index contributed by atoms with van der Waals surface area (Å²) in [4.78, 5) is 15.2. The van der Waals surface area contributed by atoms with Gasteiger partial charge in [-0.3, -0.25) is 0 Å². The van der Waals surface area contributed by atoms with E-state index in [0.29, 0.717) is 40.5 Å². The average molecular weight is 734 g/mol. The zero-order valence-electron chi connectivity index (χ0n) is 31.0. The van der Waals surface area contributed by atoms with Gasteiger partial charge in [-0.15, -0.1) is 0 Å². The molecule has 0 N–H and O–H groups in total. The number of fused-ring (bicyclic) bond motifs is 4. The first-order chi connectivity index (χ1) is 28.2. The minimum absolute atomic E-state index is 0.486. The number of hydrogen-bond donors (Lipinski definition) is 0. The lowest BCUT2D eigenvalue weighted by atomic mass is 9.65. The van der Waals surface area contributed by atoms with Crippen molar-refractivity contribution in [1.29, 1.82) is 0 Å². The number of nitrogens with zero attached hydrogens (tertiary/aromatic N) is 3. The summed E-state index contributed by atoms with van der Waals surface area (Å²) in [5.41, 5.74) is 11.8. The van der Waals surface area contributed by atoms with Crippen LogP contribution in [0.3, 0.4) is 0 Å². The van der Waals surface area contributed by atoms with Crippen LogP contribution >= 0.6 is 0 Å². The van der Waals surface area contributed by atoms with Gasteiger partial charge in [0.05, 0.1) is 11.0 Å². The SMILES string of the molecule is C1=CC2=C(CC1)C(c1ccccc1)(c1ccccc1)c1cc3c(cc12)Oc1cccc(-c2nc(-c4ccccc4)nc(-c4ccc(-c5ccccc5)cc4)n2)c1O3. The van der Waals surface area contributed by atoms with E-state index in [2.05, 4.69) is 133 Å². The van der Waals surface area contributed by atoms with Crippen molar-refractivity contribution in [3.63, 3.8) is 0 Å². The molecule has 0 atom stereocenters. The third-order valence-electron chi connectivity index (χ3n) is 11.4. The predicted molar refractivity (Wildman–Crippen MR) is 226 cm³/mol. The molecular weight excluding hydrogens is 699 g/mol. The van der Waals surface area contributed by atoms with Crippen LogP contribution in [0.25, 0.3) is 50.9 Å². The second-order valence-electron chi connectivity index (χ2n) is 14.6. The molecule has 0 saturated carbocycles. The van der Waals surface area contributed by atoms with Crippen LogP contribution in [0.1, 0.15) is 35.1 Å². The van der Waals surface area contributed by atoms with Crippen LogP contribution in [0.2, 0.25) is 0 Å². The van der Waals surface area contributed by atoms with E-state index in [1.807, 2.05) is 54.6 Å². The first-order valence-electron chi connectivity index (χ1n) is 19.4. The Morgan fingerprint density at radius 3 is 1.65 bits per heavy atom. The van der Waals surface area contributed by atoms with Gasteiger partial charge in [0.25, 0.3) is 0 Å². The Morgan fingerprint density at radius 2 is 0.982 bits per heavy atom. The van der Waals surface area contributed by atoms with Crippen LogP contribution < -0.4 is 9.47 Å². The fourth-order valence-corrected chi connectivity index (χ4v) is 8.81. The van der Waals surface area contributed by atoms with Crippen molar-refractivity contribution in [2.24, 2.45) is 0 Å². The maximum atomic E-state index is 7.00. The highest BCUT2D eigenvalue weighted by Crippen LogP contribution is 2.60. The fourth-order valence-electron chi connectivity index (χ4n) is 8.81. The Hall–Kier alpha value is -7.37. The molecule has 1 aromatic heterocycles. The van der Waals surface area contributed by atoms with Crippen molar-refractivity contribution < 1.29 is 9.47 Å². The van der Waals surface area contributed by atoms with E-state index in [4.69, 9.17) is 24.4 Å². The molecule has 8 aromatic rings. The molecule has 0 amide bonds. The summed E-state index contributed by atoms with van der Waals surface area (Å²) in [7, 11) is 0.